The van der Waals surface area contributed by atoms with Gasteiger partial charge in [-0.3, -0.25) is 9.69 Å². The van der Waals surface area contributed by atoms with Gasteiger partial charge in [0.2, 0.25) is 0 Å². The van der Waals surface area contributed by atoms with Gasteiger partial charge in [-0.25, -0.2) is 9.37 Å². The lowest BCUT2D eigenvalue weighted by Crippen LogP contribution is -2.58. The number of piperidine rings is 1. The normalized spacial score (nSPS) is 19.0. The number of ether oxygens (including phenoxy) is 2. The highest BCUT2D eigenvalue weighted by molar-refractivity contribution is 7.09. The molecule has 1 aromatic carbocycles. The lowest BCUT2D eigenvalue weighted by molar-refractivity contribution is -0.128. The van der Waals surface area contributed by atoms with Gasteiger partial charge >= 0.3 is 0 Å². The zero-order valence-electron chi connectivity index (χ0n) is 19.6. The molecule has 0 atom stereocenters. The van der Waals surface area contributed by atoms with Gasteiger partial charge in [-0.1, -0.05) is 19.9 Å². The number of hydrogen-bond donors (Lipinski definition) is 0. The van der Waals surface area contributed by atoms with Crippen LogP contribution in [0.1, 0.15) is 59.2 Å². The minimum absolute atomic E-state index is 0.00575. The summed E-state index contributed by atoms with van der Waals surface area (Å²) in [5.74, 6) is 0.0712. The van der Waals surface area contributed by atoms with Gasteiger partial charge in [-0.15, -0.1) is 11.3 Å². The summed E-state index contributed by atoms with van der Waals surface area (Å²) in [6.45, 7) is 8.45. The van der Waals surface area contributed by atoms with E-state index in [1.54, 1.807) is 24.5 Å². The van der Waals surface area contributed by atoms with Crippen LogP contribution < -0.4 is 0 Å². The van der Waals surface area contributed by atoms with Crippen LogP contribution in [0.4, 0.5) is 4.39 Å². The van der Waals surface area contributed by atoms with E-state index in [0.717, 1.165) is 43.0 Å². The van der Waals surface area contributed by atoms with Crippen molar-refractivity contribution in [3.05, 3.63) is 57.5 Å². The van der Waals surface area contributed by atoms with Crippen LogP contribution in [-0.4, -0.2) is 66.2 Å². The summed E-state index contributed by atoms with van der Waals surface area (Å²) in [5, 5.41) is 2.87. The fourth-order valence-electron chi connectivity index (χ4n) is 4.47. The Kier molecular flexibility index (Phi) is 7.46. The zero-order chi connectivity index (χ0) is 23.4. The van der Waals surface area contributed by atoms with Gasteiger partial charge in [0.15, 0.2) is 0 Å². The molecular weight excluding hydrogens is 441 g/mol. The average molecular weight is 474 g/mol. The van der Waals surface area contributed by atoms with Crippen molar-refractivity contribution in [2.24, 2.45) is 0 Å². The largest absolute Gasteiger partial charge is 0.504 e. The first-order chi connectivity index (χ1) is 15.9. The predicted octanol–water partition coefficient (Wildman–Crippen LogP) is 4.53. The summed E-state index contributed by atoms with van der Waals surface area (Å²) in [6, 6.07) is 5.21. The molecule has 33 heavy (non-hydrogen) atoms. The first-order valence-corrected chi connectivity index (χ1v) is 12.4. The van der Waals surface area contributed by atoms with Crippen LogP contribution in [-0.2, 0) is 16.0 Å². The van der Waals surface area contributed by atoms with E-state index in [1.807, 2.05) is 22.4 Å². The fraction of sp³-hybridized carbons (Fsp3) is 0.520. The van der Waals surface area contributed by atoms with E-state index in [4.69, 9.17) is 9.47 Å². The zero-order valence-corrected chi connectivity index (χ0v) is 20.4. The highest BCUT2D eigenvalue weighted by Gasteiger charge is 2.41. The van der Waals surface area contributed by atoms with Crippen LogP contribution in [0, 0.1) is 5.82 Å². The lowest BCUT2D eigenvalue weighted by Gasteiger charge is -2.47. The second kappa shape index (κ2) is 10.3. The van der Waals surface area contributed by atoms with Gasteiger partial charge < -0.3 is 14.4 Å². The van der Waals surface area contributed by atoms with Crippen molar-refractivity contribution in [3.8, 4) is 0 Å². The van der Waals surface area contributed by atoms with Crippen LogP contribution in [0.15, 0.2) is 29.8 Å². The third kappa shape index (κ3) is 5.62. The highest BCUT2D eigenvalue weighted by atomic mass is 32.1. The van der Waals surface area contributed by atoms with Gasteiger partial charge in [-0.05, 0) is 36.6 Å². The highest BCUT2D eigenvalue weighted by Crippen LogP contribution is 2.32. The number of hydrogen-bond acceptors (Lipinski definition) is 6. The molecule has 2 aliphatic heterocycles. The van der Waals surface area contributed by atoms with Crippen molar-refractivity contribution in [3.63, 3.8) is 0 Å². The molecule has 0 radical (unpaired) electrons. The molecule has 4 rings (SSSR count). The Morgan fingerprint density at radius 3 is 2.82 bits per heavy atom. The van der Waals surface area contributed by atoms with Crippen LogP contribution in [0.3, 0.4) is 0 Å². The Bertz CT molecular complexity index is 999. The molecule has 2 aromatic rings. The SMILES string of the molecule is CO/C=C/c1cc(CN2CCC3(CC2)CN(C(=O)c2csc(C(C)C)n2)CCO3)ccc1F. The Morgan fingerprint density at radius 1 is 1.33 bits per heavy atom. The third-order valence-electron chi connectivity index (χ3n) is 6.39. The van der Waals surface area contributed by atoms with E-state index in [0.29, 0.717) is 36.9 Å². The van der Waals surface area contributed by atoms with E-state index in [2.05, 4.69) is 23.7 Å². The molecule has 3 heterocycles. The first-order valence-electron chi connectivity index (χ1n) is 11.5. The molecule has 0 aliphatic carbocycles. The average Bonchev–Trinajstić information content (AvgIpc) is 3.31. The Labute approximate surface area is 199 Å². The maximum atomic E-state index is 14.0. The molecule has 1 spiro atoms. The molecule has 2 aliphatic rings. The number of aromatic nitrogens is 1. The number of carbonyl (C=O) groups excluding carboxylic acids is 1. The Hall–Kier alpha value is -2.29. The molecule has 8 heteroatoms. The van der Waals surface area contributed by atoms with E-state index in [9.17, 15) is 9.18 Å². The molecule has 178 valence electrons. The second-order valence-electron chi connectivity index (χ2n) is 9.15. The number of carbonyl (C=O) groups is 1. The first kappa shape index (κ1) is 23.9. The van der Waals surface area contributed by atoms with Crippen molar-refractivity contribution in [2.75, 3.05) is 39.9 Å². The van der Waals surface area contributed by atoms with Crippen molar-refractivity contribution in [1.29, 1.82) is 0 Å². The summed E-state index contributed by atoms with van der Waals surface area (Å²) < 4.78 is 25.2. The molecule has 0 unspecified atom stereocenters. The number of methoxy groups -OCH3 is 1. The molecular formula is C25H32FN3O3S. The molecule has 2 saturated heterocycles. The molecule has 2 fully saturated rings. The molecule has 1 amide bonds. The number of thiazole rings is 1. The van der Waals surface area contributed by atoms with Crippen LogP contribution in [0.2, 0.25) is 0 Å². The molecule has 0 bridgehead atoms. The number of rotatable bonds is 6. The van der Waals surface area contributed by atoms with Gasteiger partial charge in [0, 0.05) is 43.0 Å². The van der Waals surface area contributed by atoms with E-state index >= 15 is 0 Å². The molecule has 0 N–H and O–H groups in total. The van der Waals surface area contributed by atoms with Gasteiger partial charge in [0.05, 0.1) is 37.1 Å². The summed E-state index contributed by atoms with van der Waals surface area (Å²) >= 11 is 1.55. The predicted molar refractivity (Wildman–Crippen MR) is 128 cm³/mol. The number of likely N-dealkylation sites (tertiary alicyclic amines) is 1. The quantitative estimate of drug-likeness (QED) is 0.577. The summed E-state index contributed by atoms with van der Waals surface area (Å²) in [5.41, 5.74) is 1.84. The Morgan fingerprint density at radius 2 is 2.12 bits per heavy atom. The van der Waals surface area contributed by atoms with Gasteiger partial charge in [0.25, 0.3) is 5.91 Å². The van der Waals surface area contributed by atoms with Crippen molar-refractivity contribution in [2.45, 2.75) is 44.8 Å². The van der Waals surface area contributed by atoms with Crippen molar-refractivity contribution < 1.29 is 18.7 Å². The summed E-state index contributed by atoms with van der Waals surface area (Å²) in [6.07, 6.45) is 4.85. The number of nitrogens with zero attached hydrogens (tertiary/aromatic N) is 3. The lowest BCUT2D eigenvalue weighted by atomic mass is 9.89. The molecule has 1 aromatic heterocycles. The van der Waals surface area contributed by atoms with Crippen LogP contribution in [0.5, 0.6) is 0 Å². The maximum absolute atomic E-state index is 14.0. The monoisotopic (exact) mass is 473 g/mol. The topological polar surface area (TPSA) is 54.9 Å². The van der Waals surface area contributed by atoms with Crippen molar-refractivity contribution in [1.82, 2.24) is 14.8 Å². The summed E-state index contributed by atoms with van der Waals surface area (Å²) in [7, 11) is 1.55. The maximum Gasteiger partial charge on any atom is 0.273 e. The number of morpholine rings is 1. The third-order valence-corrected chi connectivity index (χ3v) is 7.53. The number of amides is 1. The minimum atomic E-state index is -0.295. The second-order valence-corrected chi connectivity index (χ2v) is 10.0. The summed E-state index contributed by atoms with van der Waals surface area (Å²) in [4.78, 5) is 21.9. The van der Waals surface area contributed by atoms with Crippen molar-refractivity contribution >= 4 is 23.3 Å². The van der Waals surface area contributed by atoms with Crippen LogP contribution in [0.25, 0.3) is 6.08 Å². The van der Waals surface area contributed by atoms with E-state index in [1.165, 1.54) is 12.3 Å². The van der Waals surface area contributed by atoms with E-state index in [-0.39, 0.29) is 17.3 Å². The van der Waals surface area contributed by atoms with Gasteiger partial charge in [-0.2, -0.15) is 0 Å². The Balaban J connectivity index is 1.35. The standard InChI is InChI=1S/C25H32FN3O3S/c1-18(2)23-27-22(16-33-23)24(30)29-11-13-32-25(17-29)7-9-28(10-8-25)15-19-4-5-21(26)20(14-19)6-12-31-3/h4-6,12,14,16,18H,7-11,13,15,17H2,1-3H3/b12-6+. The van der Waals surface area contributed by atoms with Crippen LogP contribution >= 0.6 is 11.3 Å². The molecule has 6 nitrogen and oxygen atoms in total. The van der Waals surface area contributed by atoms with Gasteiger partial charge in [0.1, 0.15) is 11.5 Å². The molecule has 0 saturated carbocycles. The fourth-order valence-corrected chi connectivity index (χ4v) is 5.28. The number of benzene rings is 1. The van der Waals surface area contributed by atoms with E-state index < -0.39 is 0 Å². The smallest absolute Gasteiger partial charge is 0.273 e. The number of halogens is 1. The minimum Gasteiger partial charge on any atom is -0.504 e.